The van der Waals surface area contributed by atoms with E-state index in [2.05, 4.69) is 10.2 Å². The zero-order valence-electron chi connectivity index (χ0n) is 23.5. The van der Waals surface area contributed by atoms with Crippen LogP contribution in [0, 0.1) is 0 Å². The third kappa shape index (κ3) is 8.21. The van der Waals surface area contributed by atoms with Crippen molar-refractivity contribution in [3.8, 4) is 34.4 Å². The summed E-state index contributed by atoms with van der Waals surface area (Å²) in [6.07, 6.45) is 0.910. The lowest BCUT2D eigenvalue weighted by molar-refractivity contribution is -0.139. The number of nitrogens with zero attached hydrogens (tertiary/aromatic N) is 3. The van der Waals surface area contributed by atoms with Crippen molar-refractivity contribution in [3.05, 3.63) is 48.5 Å². The number of aromatic amines is 1. The highest BCUT2D eigenvalue weighted by atomic mass is 32.2. The van der Waals surface area contributed by atoms with Gasteiger partial charge in [0, 0.05) is 64.2 Å². The van der Waals surface area contributed by atoms with Crippen LogP contribution in [-0.2, 0) is 24.2 Å². The summed E-state index contributed by atoms with van der Waals surface area (Å²) in [5.74, 6) is 1.48. The number of methoxy groups -OCH3 is 1. The molecule has 1 aliphatic heterocycles. The van der Waals surface area contributed by atoms with Gasteiger partial charge in [-0.2, -0.15) is 0 Å². The third-order valence-corrected chi connectivity index (χ3v) is 7.52. The average Bonchev–Trinajstić information content (AvgIpc) is 3.41. The Kier molecular flexibility index (Phi) is 9.50. The Hall–Kier alpha value is -4.10. The summed E-state index contributed by atoms with van der Waals surface area (Å²) in [5, 5.41) is 7.10. The maximum Gasteiger partial charge on any atom is 0.260 e. The van der Waals surface area contributed by atoms with Crippen molar-refractivity contribution in [2.75, 3.05) is 52.8 Å². The molecule has 1 fully saturated rings. The molecule has 2 aromatic carbocycles. The monoisotopic (exact) mass is 586 g/mol. The molecule has 13 heteroatoms. The quantitative estimate of drug-likeness (QED) is 0.359. The van der Waals surface area contributed by atoms with E-state index in [4.69, 9.17) is 18.9 Å². The van der Waals surface area contributed by atoms with Gasteiger partial charge in [-0.3, -0.25) is 14.7 Å². The number of nitrogens with one attached hydrogen (secondary N) is 1. The van der Waals surface area contributed by atoms with E-state index in [1.54, 1.807) is 47.2 Å². The van der Waals surface area contributed by atoms with E-state index in [0.717, 1.165) is 6.26 Å². The van der Waals surface area contributed by atoms with Gasteiger partial charge in [0.05, 0.1) is 17.2 Å². The van der Waals surface area contributed by atoms with Crippen LogP contribution in [0.15, 0.2) is 53.4 Å². The number of rotatable bonds is 11. The van der Waals surface area contributed by atoms with Crippen molar-refractivity contribution < 1.29 is 37.0 Å². The van der Waals surface area contributed by atoms with Gasteiger partial charge in [-0.1, -0.05) is 0 Å². The molecule has 0 bridgehead atoms. The van der Waals surface area contributed by atoms with Crippen molar-refractivity contribution in [1.29, 1.82) is 0 Å². The van der Waals surface area contributed by atoms with Crippen molar-refractivity contribution in [2.45, 2.75) is 24.8 Å². The van der Waals surface area contributed by atoms with Gasteiger partial charge in [0.15, 0.2) is 16.4 Å². The Morgan fingerprint density at radius 1 is 0.976 bits per heavy atom. The fourth-order valence-corrected chi connectivity index (χ4v) is 4.90. The molecule has 0 unspecified atom stereocenters. The molecule has 220 valence electrons. The summed E-state index contributed by atoms with van der Waals surface area (Å²) in [7, 11) is -1.74. The van der Waals surface area contributed by atoms with Crippen LogP contribution < -0.4 is 14.2 Å². The maximum absolute atomic E-state index is 12.6. The van der Waals surface area contributed by atoms with E-state index >= 15 is 0 Å². The lowest BCUT2D eigenvalue weighted by Crippen LogP contribution is -2.51. The molecule has 1 saturated heterocycles. The molecule has 1 atom stereocenters. The highest BCUT2D eigenvalue weighted by Gasteiger charge is 2.23. The van der Waals surface area contributed by atoms with Gasteiger partial charge in [-0.15, -0.1) is 5.10 Å². The van der Waals surface area contributed by atoms with Crippen LogP contribution in [0.3, 0.4) is 0 Å². The molecule has 41 heavy (non-hydrogen) atoms. The number of hydrogen-bond acceptors (Lipinski definition) is 9. The number of ether oxygens (including phenoxy) is 4. The Morgan fingerprint density at radius 2 is 1.63 bits per heavy atom. The van der Waals surface area contributed by atoms with E-state index in [0.29, 0.717) is 61.3 Å². The topological polar surface area (TPSA) is 140 Å². The summed E-state index contributed by atoms with van der Waals surface area (Å²) in [6, 6.07) is 13.1. The largest absolute Gasteiger partial charge is 0.488 e. The second kappa shape index (κ2) is 13.0. The third-order valence-electron chi connectivity index (χ3n) is 6.39. The smallest absolute Gasteiger partial charge is 0.260 e. The van der Waals surface area contributed by atoms with Crippen molar-refractivity contribution in [2.24, 2.45) is 0 Å². The molecule has 1 aliphatic rings. The standard InChI is InChI=1S/C28H34N4O8S/c1-19(17-37-3)39-23-13-21(14-24(15-23)40-22-5-7-25(8-6-22)41(4,35)36)26-16-27(30-29-26)38-18-28(34)32-11-9-31(10-12-32)20(2)33/h5-8,13-16,19H,9-12,17-18H2,1-4H3,(H,29,30)/t19-/m0/s1. The first-order chi connectivity index (χ1) is 19.5. The Labute approximate surface area is 239 Å². The molecule has 12 nitrogen and oxygen atoms in total. The summed E-state index contributed by atoms with van der Waals surface area (Å²) in [6.45, 7) is 5.52. The fraction of sp³-hybridized carbons (Fsp3) is 0.393. The molecule has 1 N–H and O–H groups in total. The number of carbonyl (C=O) groups is 2. The van der Waals surface area contributed by atoms with Gasteiger partial charge in [0.1, 0.15) is 23.4 Å². The molecule has 0 saturated carbocycles. The van der Waals surface area contributed by atoms with Gasteiger partial charge >= 0.3 is 0 Å². The van der Waals surface area contributed by atoms with Crippen LogP contribution in [0.5, 0.6) is 23.1 Å². The number of amides is 2. The second-order valence-electron chi connectivity index (χ2n) is 9.72. The van der Waals surface area contributed by atoms with Gasteiger partial charge in [0.25, 0.3) is 5.91 Å². The van der Waals surface area contributed by atoms with Crippen LogP contribution in [0.25, 0.3) is 11.3 Å². The lowest BCUT2D eigenvalue weighted by atomic mass is 10.1. The summed E-state index contributed by atoms with van der Waals surface area (Å²) < 4.78 is 46.4. The Bertz CT molecular complexity index is 1460. The number of aromatic nitrogens is 2. The van der Waals surface area contributed by atoms with Gasteiger partial charge in [-0.25, -0.2) is 8.42 Å². The molecule has 4 rings (SSSR count). The normalized spacial score (nSPS) is 14.4. The summed E-state index contributed by atoms with van der Waals surface area (Å²) >= 11 is 0. The second-order valence-corrected chi connectivity index (χ2v) is 11.7. The Balaban J connectivity index is 1.47. The van der Waals surface area contributed by atoms with E-state index in [1.807, 2.05) is 13.0 Å². The lowest BCUT2D eigenvalue weighted by Gasteiger charge is -2.34. The van der Waals surface area contributed by atoms with E-state index in [9.17, 15) is 18.0 Å². The number of carbonyl (C=O) groups excluding carboxylic acids is 2. The average molecular weight is 587 g/mol. The van der Waals surface area contributed by atoms with Crippen molar-refractivity contribution in [1.82, 2.24) is 20.0 Å². The highest BCUT2D eigenvalue weighted by molar-refractivity contribution is 7.90. The predicted octanol–water partition coefficient (Wildman–Crippen LogP) is 2.76. The van der Waals surface area contributed by atoms with Crippen LogP contribution in [0.2, 0.25) is 0 Å². The van der Waals surface area contributed by atoms with Crippen LogP contribution in [-0.4, -0.2) is 99.1 Å². The van der Waals surface area contributed by atoms with Gasteiger partial charge < -0.3 is 28.7 Å². The first-order valence-corrected chi connectivity index (χ1v) is 14.9. The van der Waals surface area contributed by atoms with Crippen LogP contribution in [0.4, 0.5) is 0 Å². The molecule has 0 spiro atoms. The SMILES string of the molecule is COC[C@H](C)Oc1cc(Oc2ccc(S(C)(=O)=O)cc2)cc(-c2cc(OCC(=O)N3CCN(C(C)=O)CC3)n[nH]2)c1. The molecule has 1 aromatic heterocycles. The van der Waals surface area contributed by atoms with Crippen LogP contribution in [0.1, 0.15) is 13.8 Å². The zero-order chi connectivity index (χ0) is 29.6. The van der Waals surface area contributed by atoms with Gasteiger partial charge in [-0.05, 0) is 43.3 Å². The number of H-pyrrole nitrogens is 1. The fourth-order valence-electron chi connectivity index (χ4n) is 4.27. The minimum absolute atomic E-state index is 0.00145. The van der Waals surface area contributed by atoms with E-state index < -0.39 is 9.84 Å². The van der Waals surface area contributed by atoms with Gasteiger partial charge in [0.2, 0.25) is 11.8 Å². The number of sulfone groups is 1. The maximum atomic E-state index is 12.6. The number of piperazine rings is 1. The van der Waals surface area contributed by atoms with E-state index in [1.165, 1.54) is 19.1 Å². The van der Waals surface area contributed by atoms with Crippen molar-refractivity contribution >= 4 is 21.7 Å². The first-order valence-electron chi connectivity index (χ1n) is 13.0. The Morgan fingerprint density at radius 3 is 2.27 bits per heavy atom. The molecule has 2 amide bonds. The van der Waals surface area contributed by atoms with Crippen molar-refractivity contribution in [3.63, 3.8) is 0 Å². The molecular weight excluding hydrogens is 552 g/mol. The number of hydrogen-bond donors (Lipinski definition) is 1. The van der Waals surface area contributed by atoms with Crippen LogP contribution >= 0.6 is 0 Å². The van der Waals surface area contributed by atoms with E-state index in [-0.39, 0.29) is 35.3 Å². The molecule has 0 aliphatic carbocycles. The highest BCUT2D eigenvalue weighted by Crippen LogP contribution is 2.33. The summed E-state index contributed by atoms with van der Waals surface area (Å²) in [4.78, 5) is 27.7. The number of benzene rings is 2. The minimum Gasteiger partial charge on any atom is -0.488 e. The minimum atomic E-state index is -3.33. The molecule has 3 aromatic rings. The predicted molar refractivity (Wildman–Crippen MR) is 150 cm³/mol. The summed E-state index contributed by atoms with van der Waals surface area (Å²) in [5.41, 5.74) is 1.29. The molecule has 0 radical (unpaired) electrons. The zero-order valence-corrected chi connectivity index (χ0v) is 24.3. The first kappa shape index (κ1) is 29.9. The molecule has 2 heterocycles. The molecular formula is C28H34N4O8S.